The number of carbonyl (C=O) groups excluding carboxylic acids is 3. The van der Waals surface area contributed by atoms with Crippen LogP contribution in [0.2, 0.25) is 0 Å². The largest absolute Gasteiger partial charge is 0.452 e. The number of nitrogens with one attached hydrogen (secondary N) is 1. The maximum absolute atomic E-state index is 12.7. The van der Waals surface area contributed by atoms with E-state index >= 15 is 0 Å². The lowest BCUT2D eigenvalue weighted by molar-refractivity contribution is -0.119. The quantitative estimate of drug-likeness (QED) is 0.544. The Labute approximate surface area is 199 Å². The van der Waals surface area contributed by atoms with Gasteiger partial charge in [-0.25, -0.2) is 13.2 Å². The molecule has 0 atom stereocenters. The van der Waals surface area contributed by atoms with E-state index in [2.05, 4.69) is 5.32 Å². The van der Waals surface area contributed by atoms with Crippen LogP contribution in [-0.4, -0.2) is 68.2 Å². The van der Waals surface area contributed by atoms with Crippen LogP contribution in [0.4, 0.5) is 5.69 Å². The van der Waals surface area contributed by atoms with Crippen molar-refractivity contribution < 1.29 is 27.5 Å². The molecule has 0 saturated carbocycles. The van der Waals surface area contributed by atoms with Gasteiger partial charge in [0.15, 0.2) is 6.61 Å². The molecule has 9 nitrogen and oxygen atoms in total. The monoisotopic (exact) mass is 487 g/mol. The van der Waals surface area contributed by atoms with Gasteiger partial charge in [-0.05, 0) is 69.2 Å². The second kappa shape index (κ2) is 11.3. The first-order valence-corrected chi connectivity index (χ1v) is 12.7. The Morgan fingerprint density at radius 3 is 2.24 bits per heavy atom. The van der Waals surface area contributed by atoms with Crippen molar-refractivity contribution in [1.82, 2.24) is 9.21 Å². The van der Waals surface area contributed by atoms with E-state index in [0.717, 1.165) is 12.8 Å². The van der Waals surface area contributed by atoms with Gasteiger partial charge in [-0.1, -0.05) is 6.07 Å². The second-order valence-corrected chi connectivity index (χ2v) is 9.76. The molecule has 0 unspecified atom stereocenters. The van der Waals surface area contributed by atoms with Crippen LogP contribution in [0.25, 0.3) is 0 Å². The fraction of sp³-hybridized carbons (Fsp3) is 0.375. The van der Waals surface area contributed by atoms with E-state index in [1.54, 1.807) is 29.2 Å². The molecule has 182 valence electrons. The summed E-state index contributed by atoms with van der Waals surface area (Å²) in [7, 11) is -3.67. The number of carbonyl (C=O) groups is 3. The highest BCUT2D eigenvalue weighted by atomic mass is 32.2. The van der Waals surface area contributed by atoms with Crippen molar-refractivity contribution in [3.05, 3.63) is 59.7 Å². The molecule has 2 aromatic rings. The van der Waals surface area contributed by atoms with Gasteiger partial charge in [0, 0.05) is 37.4 Å². The number of rotatable bonds is 9. The number of hydrogen-bond acceptors (Lipinski definition) is 6. The number of nitrogens with zero attached hydrogens (tertiary/aromatic N) is 2. The molecule has 0 aliphatic carbocycles. The topological polar surface area (TPSA) is 113 Å². The van der Waals surface area contributed by atoms with E-state index in [1.807, 2.05) is 13.8 Å². The molecular weight excluding hydrogens is 458 g/mol. The Morgan fingerprint density at radius 2 is 1.62 bits per heavy atom. The highest BCUT2D eigenvalue weighted by Gasteiger charge is 2.27. The van der Waals surface area contributed by atoms with Crippen molar-refractivity contribution >= 4 is 33.5 Å². The van der Waals surface area contributed by atoms with Crippen LogP contribution in [0, 0.1) is 0 Å². The van der Waals surface area contributed by atoms with Crippen molar-refractivity contribution in [2.75, 3.05) is 38.1 Å². The van der Waals surface area contributed by atoms with E-state index in [0.29, 0.717) is 37.4 Å². The van der Waals surface area contributed by atoms with E-state index in [9.17, 15) is 22.8 Å². The molecule has 1 N–H and O–H groups in total. The van der Waals surface area contributed by atoms with Crippen LogP contribution >= 0.6 is 0 Å². The molecule has 1 fully saturated rings. The molecule has 0 spiro atoms. The summed E-state index contributed by atoms with van der Waals surface area (Å²) >= 11 is 0. The number of amides is 2. The molecule has 0 bridgehead atoms. The molecule has 1 saturated heterocycles. The van der Waals surface area contributed by atoms with Crippen molar-refractivity contribution in [3.8, 4) is 0 Å². The lowest BCUT2D eigenvalue weighted by Crippen LogP contribution is -2.30. The van der Waals surface area contributed by atoms with Gasteiger partial charge in [0.05, 0.1) is 10.5 Å². The zero-order valence-corrected chi connectivity index (χ0v) is 20.1. The first-order valence-electron chi connectivity index (χ1n) is 11.2. The molecule has 10 heteroatoms. The third-order valence-corrected chi connectivity index (χ3v) is 7.47. The van der Waals surface area contributed by atoms with Crippen LogP contribution < -0.4 is 5.32 Å². The Kier molecular flexibility index (Phi) is 8.41. The lowest BCUT2D eigenvalue weighted by Gasteiger charge is -2.18. The van der Waals surface area contributed by atoms with Gasteiger partial charge in [-0.2, -0.15) is 4.31 Å². The predicted octanol–water partition coefficient (Wildman–Crippen LogP) is 2.75. The molecule has 0 aromatic heterocycles. The number of hydrogen-bond donors (Lipinski definition) is 1. The van der Waals surface area contributed by atoms with Crippen LogP contribution in [0.3, 0.4) is 0 Å². The summed E-state index contributed by atoms with van der Waals surface area (Å²) in [6.07, 6.45) is 1.62. The number of sulfonamides is 1. The summed E-state index contributed by atoms with van der Waals surface area (Å²) < 4.78 is 31.9. The number of benzene rings is 2. The number of anilines is 1. The van der Waals surface area contributed by atoms with Crippen LogP contribution in [-0.2, 0) is 19.6 Å². The minimum absolute atomic E-state index is 0.0210. The third-order valence-electron chi connectivity index (χ3n) is 5.57. The molecule has 1 aliphatic rings. The zero-order chi connectivity index (χ0) is 24.7. The predicted molar refractivity (Wildman–Crippen MR) is 127 cm³/mol. The summed E-state index contributed by atoms with van der Waals surface area (Å²) in [5.41, 5.74) is 1.01. The first kappa shape index (κ1) is 25.4. The van der Waals surface area contributed by atoms with Crippen molar-refractivity contribution in [2.24, 2.45) is 0 Å². The fourth-order valence-corrected chi connectivity index (χ4v) is 5.23. The van der Waals surface area contributed by atoms with Crippen molar-refractivity contribution in [3.63, 3.8) is 0 Å². The molecular formula is C24H29N3O6S. The molecule has 3 rings (SSSR count). The minimum atomic E-state index is -3.67. The Morgan fingerprint density at radius 1 is 0.971 bits per heavy atom. The van der Waals surface area contributed by atoms with Gasteiger partial charge in [-0.15, -0.1) is 0 Å². The molecule has 1 aliphatic heterocycles. The maximum Gasteiger partial charge on any atom is 0.338 e. The molecule has 2 amide bonds. The maximum atomic E-state index is 12.7. The summed E-state index contributed by atoms with van der Waals surface area (Å²) in [6, 6.07) is 12.1. The Bertz CT molecular complexity index is 1140. The SMILES string of the molecule is CCN(CC)C(=O)c1ccc(NC(=O)COC(=O)c2cccc(S(=O)(=O)N3CCCC3)c2)cc1. The van der Waals surface area contributed by atoms with Gasteiger partial charge in [0.2, 0.25) is 10.0 Å². The summed E-state index contributed by atoms with van der Waals surface area (Å²) in [6.45, 7) is 5.39. The summed E-state index contributed by atoms with van der Waals surface area (Å²) in [4.78, 5) is 38.7. The van der Waals surface area contributed by atoms with Gasteiger partial charge in [0.25, 0.3) is 11.8 Å². The highest BCUT2D eigenvalue weighted by molar-refractivity contribution is 7.89. The van der Waals surface area contributed by atoms with Gasteiger partial charge >= 0.3 is 5.97 Å². The van der Waals surface area contributed by atoms with Gasteiger partial charge < -0.3 is 15.0 Å². The molecule has 1 heterocycles. The zero-order valence-electron chi connectivity index (χ0n) is 19.3. The molecule has 2 aromatic carbocycles. The van der Waals surface area contributed by atoms with Crippen molar-refractivity contribution in [1.29, 1.82) is 0 Å². The standard InChI is InChI=1S/C24H29N3O6S/c1-3-26(4-2)23(29)18-10-12-20(13-11-18)25-22(28)17-33-24(30)19-8-7-9-21(16-19)34(31,32)27-14-5-6-15-27/h7-13,16H,3-6,14-15,17H2,1-2H3,(H,25,28). The Balaban J connectivity index is 1.56. The third kappa shape index (κ3) is 6.00. The van der Waals surface area contributed by atoms with Gasteiger partial charge in [-0.3, -0.25) is 9.59 Å². The lowest BCUT2D eigenvalue weighted by atomic mass is 10.2. The average molecular weight is 488 g/mol. The second-order valence-electron chi connectivity index (χ2n) is 7.82. The van der Waals surface area contributed by atoms with Crippen LogP contribution in [0.15, 0.2) is 53.4 Å². The van der Waals surface area contributed by atoms with E-state index in [1.165, 1.54) is 28.6 Å². The average Bonchev–Trinajstić information content (AvgIpc) is 3.40. The molecule has 0 radical (unpaired) electrons. The van der Waals surface area contributed by atoms with E-state index < -0.39 is 28.5 Å². The normalized spacial score (nSPS) is 13.9. The van der Waals surface area contributed by atoms with E-state index in [-0.39, 0.29) is 16.4 Å². The van der Waals surface area contributed by atoms with Crippen molar-refractivity contribution in [2.45, 2.75) is 31.6 Å². The van der Waals surface area contributed by atoms with Crippen LogP contribution in [0.5, 0.6) is 0 Å². The van der Waals surface area contributed by atoms with Crippen LogP contribution in [0.1, 0.15) is 47.4 Å². The number of esters is 1. The minimum Gasteiger partial charge on any atom is -0.452 e. The summed E-state index contributed by atoms with van der Waals surface area (Å²) in [5, 5.41) is 2.60. The fourth-order valence-electron chi connectivity index (χ4n) is 3.66. The number of ether oxygens (including phenoxy) is 1. The molecule has 34 heavy (non-hydrogen) atoms. The highest BCUT2D eigenvalue weighted by Crippen LogP contribution is 2.22. The van der Waals surface area contributed by atoms with Gasteiger partial charge in [0.1, 0.15) is 0 Å². The first-order chi connectivity index (χ1) is 16.3. The smallest absolute Gasteiger partial charge is 0.338 e. The summed E-state index contributed by atoms with van der Waals surface area (Å²) in [5.74, 6) is -1.45. The van der Waals surface area contributed by atoms with E-state index in [4.69, 9.17) is 4.74 Å². The Hall–Kier alpha value is -3.24.